The van der Waals surface area contributed by atoms with E-state index < -0.39 is 17.1 Å². The lowest BCUT2D eigenvalue weighted by Crippen LogP contribution is -2.32. The number of hydrogen-bond donors (Lipinski definition) is 2. The Morgan fingerprint density at radius 1 is 1.20 bits per heavy atom. The highest BCUT2D eigenvalue weighted by molar-refractivity contribution is 9.10. The first-order valence-corrected chi connectivity index (χ1v) is 10.4. The maximum atomic E-state index is 12.4. The van der Waals surface area contributed by atoms with E-state index in [1.54, 1.807) is 30.5 Å². The number of benzene rings is 1. The van der Waals surface area contributed by atoms with Gasteiger partial charge in [-0.15, -0.1) is 0 Å². The van der Waals surface area contributed by atoms with Crippen LogP contribution in [0.2, 0.25) is 0 Å². The monoisotopic (exact) mass is 469 g/mol. The summed E-state index contributed by atoms with van der Waals surface area (Å²) in [6.07, 6.45) is 7.83. The third kappa shape index (κ3) is 4.06. The van der Waals surface area contributed by atoms with Crippen LogP contribution in [0.4, 0.5) is 0 Å². The summed E-state index contributed by atoms with van der Waals surface area (Å²) in [5, 5.41) is 17.1. The lowest BCUT2D eigenvalue weighted by molar-refractivity contribution is 0.156. The number of aromatic amines is 1. The van der Waals surface area contributed by atoms with Crippen LogP contribution in [0.3, 0.4) is 0 Å². The molecule has 0 unspecified atom stereocenters. The summed E-state index contributed by atoms with van der Waals surface area (Å²) in [4.78, 5) is 31.1. The van der Waals surface area contributed by atoms with Gasteiger partial charge in [0, 0.05) is 23.4 Å². The van der Waals surface area contributed by atoms with Gasteiger partial charge in [0.2, 0.25) is 5.88 Å². The van der Waals surface area contributed by atoms with Gasteiger partial charge in [-0.2, -0.15) is 5.10 Å². The minimum atomic E-state index is -0.719. The van der Waals surface area contributed by atoms with Crippen LogP contribution in [0.5, 0.6) is 5.88 Å². The first kappa shape index (κ1) is 20.1. The van der Waals surface area contributed by atoms with Crippen molar-refractivity contribution in [1.29, 1.82) is 0 Å². The number of hydrazone groups is 1. The van der Waals surface area contributed by atoms with Crippen molar-refractivity contribution >= 4 is 22.1 Å². The smallest absolute Gasteiger partial charge is 0.335 e. The number of pyridine rings is 1. The molecule has 1 atom stereocenters. The summed E-state index contributed by atoms with van der Waals surface area (Å²) in [5.41, 5.74) is -0.00844. The van der Waals surface area contributed by atoms with E-state index in [2.05, 4.69) is 31.0 Å². The number of nitrogens with zero attached hydrogens (tertiary/aromatic N) is 4. The molecule has 8 nitrogen and oxygen atoms in total. The Bertz CT molecular complexity index is 1170. The van der Waals surface area contributed by atoms with Gasteiger partial charge in [0.05, 0.1) is 17.9 Å². The van der Waals surface area contributed by atoms with E-state index in [1.807, 2.05) is 23.3 Å². The molecule has 1 fully saturated rings. The van der Waals surface area contributed by atoms with E-state index in [-0.39, 0.29) is 11.6 Å². The molecule has 1 aromatic carbocycles. The van der Waals surface area contributed by atoms with Crippen LogP contribution < -0.4 is 11.2 Å². The van der Waals surface area contributed by atoms with Gasteiger partial charge in [0.15, 0.2) is 0 Å². The van der Waals surface area contributed by atoms with Gasteiger partial charge in [-0.3, -0.25) is 19.8 Å². The molecule has 1 saturated heterocycles. The fourth-order valence-electron chi connectivity index (χ4n) is 3.58. The Hall–Kier alpha value is -3.20. The second-order valence-electron chi connectivity index (χ2n) is 7.01. The molecule has 2 aromatic heterocycles. The summed E-state index contributed by atoms with van der Waals surface area (Å²) in [6, 6.07) is 10.7. The number of piperidine rings is 1. The zero-order valence-corrected chi connectivity index (χ0v) is 17.6. The molecule has 0 aliphatic carbocycles. The van der Waals surface area contributed by atoms with Crippen LogP contribution in [-0.2, 0) is 0 Å². The molecule has 0 saturated carbocycles. The van der Waals surface area contributed by atoms with Gasteiger partial charge < -0.3 is 5.11 Å². The normalized spacial score (nSPS) is 16.8. The van der Waals surface area contributed by atoms with Crippen LogP contribution in [0.1, 0.15) is 36.4 Å². The molecule has 4 rings (SSSR count). The van der Waals surface area contributed by atoms with Crippen molar-refractivity contribution in [3.8, 4) is 11.6 Å². The Morgan fingerprint density at radius 2 is 2.00 bits per heavy atom. The molecule has 0 spiro atoms. The molecular weight excluding hydrogens is 450 g/mol. The largest absolute Gasteiger partial charge is 0.493 e. The Morgan fingerprint density at radius 3 is 2.73 bits per heavy atom. The van der Waals surface area contributed by atoms with Gasteiger partial charge in [-0.1, -0.05) is 22.0 Å². The van der Waals surface area contributed by atoms with Crippen LogP contribution in [0, 0.1) is 0 Å². The Kier molecular flexibility index (Phi) is 5.80. The highest BCUT2D eigenvalue weighted by atomic mass is 79.9. The molecule has 0 bridgehead atoms. The van der Waals surface area contributed by atoms with Crippen molar-refractivity contribution in [2.45, 2.75) is 25.3 Å². The second-order valence-corrected chi connectivity index (χ2v) is 7.93. The maximum absolute atomic E-state index is 12.4. The fourth-order valence-corrected chi connectivity index (χ4v) is 3.85. The number of aromatic nitrogens is 3. The third-order valence-electron chi connectivity index (χ3n) is 5.08. The molecule has 0 amide bonds. The summed E-state index contributed by atoms with van der Waals surface area (Å²) in [5.74, 6) is -0.454. The van der Waals surface area contributed by atoms with E-state index in [0.29, 0.717) is 5.69 Å². The summed E-state index contributed by atoms with van der Waals surface area (Å²) in [6.45, 7) is 0.723. The first-order valence-electron chi connectivity index (χ1n) is 9.59. The van der Waals surface area contributed by atoms with Crippen molar-refractivity contribution < 1.29 is 5.11 Å². The quantitative estimate of drug-likeness (QED) is 0.571. The molecule has 1 aliphatic rings. The van der Waals surface area contributed by atoms with Gasteiger partial charge in [-0.25, -0.2) is 9.36 Å². The van der Waals surface area contributed by atoms with Crippen molar-refractivity contribution in [1.82, 2.24) is 19.5 Å². The van der Waals surface area contributed by atoms with E-state index in [0.717, 1.165) is 40.4 Å². The molecule has 3 heterocycles. The number of H-pyrrole nitrogens is 1. The predicted molar refractivity (Wildman–Crippen MR) is 117 cm³/mol. The van der Waals surface area contributed by atoms with Gasteiger partial charge >= 0.3 is 5.69 Å². The maximum Gasteiger partial charge on any atom is 0.335 e. The average molecular weight is 470 g/mol. The SMILES string of the molecule is O=c1[nH]c(=O)n(-c2ccc(Br)cc2)c(O)c1C=NN1CCCC[C@H]1c1cccnc1. The van der Waals surface area contributed by atoms with Crippen LogP contribution >= 0.6 is 15.9 Å². The van der Waals surface area contributed by atoms with Gasteiger partial charge in [0.1, 0.15) is 5.56 Å². The molecule has 154 valence electrons. The minimum Gasteiger partial charge on any atom is -0.493 e. The van der Waals surface area contributed by atoms with Crippen molar-refractivity contribution in [3.05, 3.63) is 85.2 Å². The highest BCUT2D eigenvalue weighted by Gasteiger charge is 2.23. The van der Waals surface area contributed by atoms with E-state index in [1.165, 1.54) is 6.21 Å². The van der Waals surface area contributed by atoms with Crippen molar-refractivity contribution in [3.63, 3.8) is 0 Å². The van der Waals surface area contributed by atoms with Crippen LogP contribution in [0.15, 0.2) is 68.0 Å². The summed E-state index contributed by atoms with van der Waals surface area (Å²) in [7, 11) is 0. The lowest BCUT2D eigenvalue weighted by atomic mass is 9.98. The fraction of sp³-hybridized carbons (Fsp3) is 0.238. The first-order chi connectivity index (χ1) is 14.5. The number of halogens is 1. The molecular formula is C21H20BrN5O3. The van der Waals surface area contributed by atoms with Gasteiger partial charge in [-0.05, 0) is 55.2 Å². The van der Waals surface area contributed by atoms with E-state index >= 15 is 0 Å². The highest BCUT2D eigenvalue weighted by Crippen LogP contribution is 2.30. The molecule has 3 aromatic rings. The standard InChI is InChI=1S/C21H20BrN5O3/c22-15-6-8-16(9-7-15)27-20(29)17(19(28)25-21(27)30)13-24-26-11-2-1-5-18(26)14-4-3-10-23-12-14/h3-4,6-10,12-13,18,29H,1-2,5,11H2,(H,25,28,30)/t18-/m0/s1. The van der Waals surface area contributed by atoms with Gasteiger partial charge in [0.25, 0.3) is 5.56 Å². The van der Waals surface area contributed by atoms with Crippen LogP contribution in [-0.4, -0.2) is 37.4 Å². The van der Waals surface area contributed by atoms with Crippen LogP contribution in [0.25, 0.3) is 5.69 Å². The number of rotatable bonds is 4. The van der Waals surface area contributed by atoms with E-state index in [9.17, 15) is 14.7 Å². The molecule has 2 N–H and O–H groups in total. The Balaban J connectivity index is 1.71. The summed E-state index contributed by atoms with van der Waals surface area (Å²) < 4.78 is 1.88. The van der Waals surface area contributed by atoms with E-state index in [4.69, 9.17) is 0 Å². The minimum absolute atomic E-state index is 0.0438. The lowest BCUT2D eigenvalue weighted by Gasteiger charge is -2.33. The van der Waals surface area contributed by atoms with Crippen molar-refractivity contribution in [2.24, 2.45) is 5.10 Å². The second kappa shape index (κ2) is 8.66. The number of nitrogens with one attached hydrogen (secondary N) is 1. The molecule has 1 aliphatic heterocycles. The number of aromatic hydroxyl groups is 1. The predicted octanol–water partition coefficient (Wildman–Crippen LogP) is 2.95. The zero-order chi connectivity index (χ0) is 21.1. The molecule has 0 radical (unpaired) electrons. The average Bonchev–Trinajstić information content (AvgIpc) is 2.75. The molecule has 30 heavy (non-hydrogen) atoms. The molecule has 9 heteroatoms. The summed E-state index contributed by atoms with van der Waals surface area (Å²) >= 11 is 3.34. The Labute approximate surface area is 180 Å². The topological polar surface area (TPSA) is 104 Å². The zero-order valence-electron chi connectivity index (χ0n) is 16.0. The van der Waals surface area contributed by atoms with Crippen molar-refractivity contribution in [2.75, 3.05) is 6.54 Å². The third-order valence-corrected chi connectivity index (χ3v) is 5.61. The number of hydrogen-bond acceptors (Lipinski definition) is 6.